The molecule has 0 spiro atoms. The Labute approximate surface area is 323 Å². The van der Waals surface area contributed by atoms with Crippen LogP contribution in [0.3, 0.4) is 0 Å². The Morgan fingerprint density at radius 1 is 0.830 bits per heavy atom. The zero-order chi connectivity index (χ0) is 37.3. The molecule has 2 N–H and O–H groups in total. The van der Waals surface area contributed by atoms with Crippen LogP contribution in [0.15, 0.2) is 101 Å². The van der Waals surface area contributed by atoms with Gasteiger partial charge in [0.15, 0.2) is 0 Å². The highest BCUT2D eigenvalue weighted by Crippen LogP contribution is 2.65. The normalized spacial score (nSPS) is 26.2. The number of carbonyl (C=O) groups is 4. The second kappa shape index (κ2) is 13.2. The van der Waals surface area contributed by atoms with Crippen molar-refractivity contribution in [2.45, 2.75) is 24.2 Å². The number of phenolic OH excluding ortho intramolecular Hbond substituents is 1. The van der Waals surface area contributed by atoms with E-state index in [4.69, 9.17) is 32.7 Å². The number of aromatic hydroxyl groups is 1. The topological polar surface area (TPSA) is 125 Å². The molecule has 2 heterocycles. The van der Waals surface area contributed by atoms with E-state index >= 15 is 4.79 Å². The first-order valence-corrected chi connectivity index (χ1v) is 18.5. The minimum absolute atomic E-state index is 0.0801. The molecule has 2 saturated heterocycles. The summed E-state index contributed by atoms with van der Waals surface area (Å²) in [6.07, 6.45) is 2.24. The Morgan fingerprint density at radius 3 is 2.19 bits per heavy atom. The number of phenols is 1. The molecule has 6 atom stereocenters. The lowest BCUT2D eigenvalue weighted by atomic mass is 9.49. The lowest BCUT2D eigenvalue weighted by Gasteiger charge is -2.50. The van der Waals surface area contributed by atoms with Gasteiger partial charge >= 0.3 is 0 Å². The molecule has 8 rings (SSSR count). The molecule has 0 radical (unpaired) electrons. The van der Waals surface area contributed by atoms with Crippen molar-refractivity contribution in [1.82, 2.24) is 5.01 Å². The first-order chi connectivity index (χ1) is 25.5. The summed E-state index contributed by atoms with van der Waals surface area (Å²) in [7, 11) is 3.01. The highest BCUT2D eigenvalue weighted by molar-refractivity contribution is 9.10. The third-order valence-corrected chi connectivity index (χ3v) is 12.3. The van der Waals surface area contributed by atoms with Gasteiger partial charge in [-0.1, -0.05) is 69.0 Å². The number of hydrazine groups is 1. The van der Waals surface area contributed by atoms with E-state index in [1.807, 2.05) is 6.08 Å². The quantitative estimate of drug-likeness (QED) is 0.144. The van der Waals surface area contributed by atoms with Gasteiger partial charge in [0.1, 0.15) is 17.2 Å². The molecule has 4 amide bonds. The molecule has 270 valence electrons. The van der Waals surface area contributed by atoms with Crippen LogP contribution in [-0.4, -0.2) is 48.0 Å². The van der Waals surface area contributed by atoms with Gasteiger partial charge < -0.3 is 14.6 Å². The Hall–Kier alpha value is -4.84. The highest BCUT2D eigenvalue weighted by atomic mass is 79.9. The van der Waals surface area contributed by atoms with Crippen molar-refractivity contribution in [3.05, 3.63) is 122 Å². The number of nitrogens with zero attached hydrogens (tertiary/aromatic N) is 2. The number of hydrogen-bond donors (Lipinski definition) is 2. The number of benzene rings is 4. The van der Waals surface area contributed by atoms with Gasteiger partial charge in [-0.05, 0) is 85.0 Å². The molecule has 2 aliphatic heterocycles. The minimum Gasteiger partial charge on any atom is -0.508 e. The van der Waals surface area contributed by atoms with Gasteiger partial charge in [0.2, 0.25) is 11.8 Å². The molecule has 3 fully saturated rings. The zero-order valence-electron chi connectivity index (χ0n) is 28.4. The summed E-state index contributed by atoms with van der Waals surface area (Å²) < 4.78 is 11.7. The van der Waals surface area contributed by atoms with Gasteiger partial charge in [-0.25, -0.2) is 0 Å². The van der Waals surface area contributed by atoms with Crippen molar-refractivity contribution < 1.29 is 33.8 Å². The summed E-state index contributed by atoms with van der Waals surface area (Å²) in [5.74, 6) is -5.11. The number of anilines is 2. The van der Waals surface area contributed by atoms with Crippen LogP contribution in [0.4, 0.5) is 11.4 Å². The van der Waals surface area contributed by atoms with Crippen molar-refractivity contribution in [2.75, 3.05) is 24.5 Å². The molecular weight excluding hydrogens is 785 g/mol. The van der Waals surface area contributed by atoms with Crippen molar-refractivity contribution >= 4 is 74.1 Å². The van der Waals surface area contributed by atoms with Gasteiger partial charge in [-0.3, -0.25) is 29.5 Å². The molecule has 0 aromatic heterocycles. The number of amides is 4. The zero-order valence-corrected chi connectivity index (χ0v) is 31.5. The number of methoxy groups -OCH3 is 2. The summed E-state index contributed by atoms with van der Waals surface area (Å²) in [6.45, 7) is 0. The van der Waals surface area contributed by atoms with E-state index in [1.54, 1.807) is 72.8 Å². The molecule has 53 heavy (non-hydrogen) atoms. The number of nitrogens with one attached hydrogen (secondary N) is 1. The summed E-state index contributed by atoms with van der Waals surface area (Å²) in [4.78, 5) is 60.1. The number of carbonyl (C=O) groups excluding carboxylic acids is 4. The molecular formula is C40H32BrCl2N3O7. The standard InChI is InChI=1S/C40H32BrCl2N3O7/c1-52-24-10-3-20(4-11-24)40-30(37(49)46(39(40)51)44-32-16-7-22(42)17-31(32)43)19-29-26(35(40)27-13-12-25(53-2)18-33(27)47)14-15-28-34(29)38(50)45(36(28)48)23-8-5-21(41)6-9-23/h3-14,16-18,28-30,34-35,44,47H,15,19H2,1-2H3. The summed E-state index contributed by atoms with van der Waals surface area (Å²) >= 11 is 16.1. The van der Waals surface area contributed by atoms with Gasteiger partial charge in [-0.2, -0.15) is 5.01 Å². The number of allylic oxidation sites excluding steroid dienone is 2. The van der Waals surface area contributed by atoms with Crippen molar-refractivity contribution in [1.29, 1.82) is 0 Å². The summed E-state index contributed by atoms with van der Waals surface area (Å²) in [5.41, 5.74) is 3.67. The monoisotopic (exact) mass is 815 g/mol. The predicted octanol–water partition coefficient (Wildman–Crippen LogP) is 7.67. The van der Waals surface area contributed by atoms with E-state index in [0.29, 0.717) is 38.9 Å². The average Bonchev–Trinajstić information content (AvgIpc) is 3.53. The van der Waals surface area contributed by atoms with Crippen LogP contribution in [0.1, 0.15) is 29.9 Å². The second-order valence-electron chi connectivity index (χ2n) is 13.6. The third kappa shape index (κ3) is 5.34. The van der Waals surface area contributed by atoms with E-state index in [0.717, 1.165) is 9.48 Å². The second-order valence-corrected chi connectivity index (χ2v) is 15.4. The lowest BCUT2D eigenvalue weighted by Crippen LogP contribution is -2.53. The molecule has 4 aromatic rings. The average molecular weight is 818 g/mol. The van der Waals surface area contributed by atoms with E-state index in [9.17, 15) is 19.5 Å². The van der Waals surface area contributed by atoms with Crippen LogP contribution in [0.5, 0.6) is 17.2 Å². The van der Waals surface area contributed by atoms with Gasteiger partial charge in [0.25, 0.3) is 11.8 Å². The molecule has 6 unspecified atom stereocenters. The minimum atomic E-state index is -1.62. The van der Waals surface area contributed by atoms with E-state index < -0.39 is 46.8 Å². The summed E-state index contributed by atoms with van der Waals surface area (Å²) in [6, 6.07) is 23.4. The Morgan fingerprint density at radius 2 is 1.53 bits per heavy atom. The Balaban J connectivity index is 1.34. The van der Waals surface area contributed by atoms with Gasteiger partial charge in [0, 0.05) is 27.0 Å². The van der Waals surface area contributed by atoms with Crippen molar-refractivity contribution in [3.8, 4) is 17.2 Å². The molecule has 1 saturated carbocycles. The summed E-state index contributed by atoms with van der Waals surface area (Å²) in [5, 5.41) is 13.3. The molecule has 4 aromatic carbocycles. The third-order valence-electron chi connectivity index (χ3n) is 11.2. The van der Waals surface area contributed by atoms with Gasteiger partial charge in [0.05, 0.1) is 53.8 Å². The fraction of sp³-hybridized carbons (Fsp3) is 0.250. The molecule has 4 aliphatic rings. The predicted molar refractivity (Wildman–Crippen MR) is 202 cm³/mol. The number of rotatable bonds is 7. The fourth-order valence-electron chi connectivity index (χ4n) is 8.93. The first-order valence-electron chi connectivity index (χ1n) is 16.9. The fourth-order valence-corrected chi connectivity index (χ4v) is 9.64. The maximum Gasteiger partial charge on any atom is 0.260 e. The highest BCUT2D eigenvalue weighted by Gasteiger charge is 2.70. The largest absolute Gasteiger partial charge is 0.508 e. The van der Waals surface area contributed by atoms with Crippen LogP contribution in [0.25, 0.3) is 0 Å². The number of imide groups is 2. The van der Waals surface area contributed by atoms with E-state index in [1.165, 1.54) is 31.3 Å². The van der Waals surface area contributed by atoms with Crippen LogP contribution in [0.2, 0.25) is 10.0 Å². The van der Waals surface area contributed by atoms with E-state index in [-0.39, 0.29) is 41.1 Å². The number of ether oxygens (including phenoxy) is 2. The molecule has 0 bridgehead atoms. The SMILES string of the molecule is COc1ccc(C23C(=O)N(Nc4ccc(Cl)cc4Cl)C(=O)C2CC2C(=CCC4C(=O)N(c5ccc(Br)cc5)C(=O)C42)C3c2ccc(OC)cc2O)cc1. The number of fused-ring (bicyclic) bond motifs is 4. The maximum absolute atomic E-state index is 15.4. The smallest absolute Gasteiger partial charge is 0.260 e. The molecule has 13 heteroatoms. The first kappa shape index (κ1) is 35.2. The van der Waals surface area contributed by atoms with Crippen LogP contribution in [0, 0.1) is 23.7 Å². The lowest BCUT2D eigenvalue weighted by molar-refractivity contribution is -0.138. The van der Waals surface area contributed by atoms with Crippen molar-refractivity contribution in [3.63, 3.8) is 0 Å². The van der Waals surface area contributed by atoms with E-state index in [2.05, 4.69) is 21.4 Å². The Kier molecular flexibility index (Phi) is 8.79. The van der Waals surface area contributed by atoms with Crippen LogP contribution >= 0.6 is 39.1 Å². The maximum atomic E-state index is 15.4. The van der Waals surface area contributed by atoms with Gasteiger partial charge in [-0.15, -0.1) is 0 Å². The number of halogens is 3. The van der Waals surface area contributed by atoms with Crippen LogP contribution in [-0.2, 0) is 24.6 Å². The molecule has 10 nitrogen and oxygen atoms in total. The van der Waals surface area contributed by atoms with Crippen LogP contribution < -0.4 is 19.8 Å². The van der Waals surface area contributed by atoms with Crippen molar-refractivity contribution in [2.24, 2.45) is 23.7 Å². The Bertz CT molecular complexity index is 2230. The molecule has 2 aliphatic carbocycles. The number of hydrogen-bond acceptors (Lipinski definition) is 8.